The normalized spacial score (nSPS) is 18.9. The molecule has 1 atom stereocenters. The molecule has 0 aliphatic carbocycles. The second-order valence-corrected chi connectivity index (χ2v) is 7.20. The van der Waals surface area contributed by atoms with E-state index < -0.39 is 6.04 Å². The fraction of sp³-hybridized carbons (Fsp3) is 0.571. The van der Waals surface area contributed by atoms with Gasteiger partial charge in [0.2, 0.25) is 0 Å². The molecule has 1 aliphatic heterocycles. The number of halogens is 1. The van der Waals surface area contributed by atoms with Gasteiger partial charge in [-0.15, -0.1) is 11.3 Å². The van der Waals surface area contributed by atoms with Gasteiger partial charge in [-0.2, -0.15) is 0 Å². The molecular formula is C14H18BrNO3S. The fourth-order valence-electron chi connectivity index (χ4n) is 2.36. The van der Waals surface area contributed by atoms with Crippen molar-refractivity contribution < 1.29 is 14.3 Å². The van der Waals surface area contributed by atoms with Crippen LogP contribution in [0.4, 0.5) is 0 Å². The first-order valence-corrected chi connectivity index (χ1v) is 8.39. The van der Waals surface area contributed by atoms with Crippen LogP contribution in [0.15, 0.2) is 9.85 Å². The average molecular weight is 360 g/mol. The molecule has 0 N–H and O–H groups in total. The Labute approximate surface area is 131 Å². The first-order chi connectivity index (χ1) is 9.54. The maximum Gasteiger partial charge on any atom is 0.328 e. The number of esters is 1. The summed E-state index contributed by atoms with van der Waals surface area (Å²) in [6, 6.07) is 1.44. The summed E-state index contributed by atoms with van der Waals surface area (Å²) in [5.74, 6) is -0.352. The van der Waals surface area contributed by atoms with Crippen molar-refractivity contribution in [2.45, 2.75) is 39.2 Å². The van der Waals surface area contributed by atoms with Crippen LogP contribution >= 0.6 is 27.3 Å². The van der Waals surface area contributed by atoms with Crippen molar-refractivity contribution in [1.82, 2.24) is 4.90 Å². The molecule has 0 aromatic carbocycles. The smallest absolute Gasteiger partial charge is 0.328 e. The molecule has 1 aromatic rings. The van der Waals surface area contributed by atoms with E-state index in [1.54, 1.807) is 11.8 Å². The third-order valence-corrected chi connectivity index (χ3v) is 5.51. The Balaban J connectivity index is 2.19. The van der Waals surface area contributed by atoms with Gasteiger partial charge in [-0.1, -0.05) is 0 Å². The molecule has 1 unspecified atom stereocenters. The summed E-state index contributed by atoms with van der Waals surface area (Å²) in [7, 11) is 0. The Hall–Kier alpha value is -0.880. The molecule has 20 heavy (non-hydrogen) atoms. The number of rotatable bonds is 3. The largest absolute Gasteiger partial charge is 0.464 e. The van der Waals surface area contributed by atoms with Gasteiger partial charge in [0.1, 0.15) is 6.04 Å². The van der Waals surface area contributed by atoms with E-state index in [0.717, 1.165) is 22.2 Å². The van der Waals surface area contributed by atoms with E-state index in [1.807, 2.05) is 13.0 Å². The highest BCUT2D eigenvalue weighted by atomic mass is 79.9. The standard InChI is InChI=1S/C14H18BrNO3S/c1-3-19-14(18)10-6-4-5-7-16(10)13(17)11-8-9(2)12(15)20-11/h8,10H,3-7H2,1-2H3. The van der Waals surface area contributed by atoms with Crippen LogP contribution in [0.5, 0.6) is 0 Å². The number of nitrogens with zero attached hydrogens (tertiary/aromatic N) is 1. The van der Waals surface area contributed by atoms with E-state index in [4.69, 9.17) is 4.74 Å². The number of thiophene rings is 1. The van der Waals surface area contributed by atoms with Crippen molar-refractivity contribution in [1.29, 1.82) is 0 Å². The van der Waals surface area contributed by atoms with Crippen LogP contribution in [-0.2, 0) is 9.53 Å². The van der Waals surface area contributed by atoms with Gasteiger partial charge in [-0.3, -0.25) is 4.79 Å². The Morgan fingerprint density at radius 3 is 2.85 bits per heavy atom. The molecule has 2 rings (SSSR count). The molecule has 1 saturated heterocycles. The lowest BCUT2D eigenvalue weighted by Crippen LogP contribution is -2.48. The second-order valence-electron chi connectivity index (χ2n) is 4.83. The number of hydrogen-bond acceptors (Lipinski definition) is 4. The van der Waals surface area contributed by atoms with Crippen LogP contribution in [0.25, 0.3) is 0 Å². The zero-order valence-electron chi connectivity index (χ0n) is 11.6. The van der Waals surface area contributed by atoms with Gasteiger partial charge in [0.05, 0.1) is 15.3 Å². The van der Waals surface area contributed by atoms with Crippen molar-refractivity contribution in [3.05, 3.63) is 20.3 Å². The highest BCUT2D eigenvalue weighted by Crippen LogP contribution is 2.30. The summed E-state index contributed by atoms with van der Waals surface area (Å²) in [6.45, 7) is 4.71. The number of piperidine rings is 1. The first kappa shape index (κ1) is 15.5. The summed E-state index contributed by atoms with van der Waals surface area (Å²) in [5, 5.41) is 0. The van der Waals surface area contributed by atoms with Crippen molar-refractivity contribution in [2.24, 2.45) is 0 Å². The lowest BCUT2D eigenvalue weighted by atomic mass is 10.0. The SMILES string of the molecule is CCOC(=O)C1CCCCN1C(=O)c1cc(C)c(Br)s1. The van der Waals surface area contributed by atoms with E-state index in [-0.39, 0.29) is 11.9 Å². The number of ether oxygens (including phenoxy) is 1. The monoisotopic (exact) mass is 359 g/mol. The summed E-state index contributed by atoms with van der Waals surface area (Å²) in [6.07, 6.45) is 2.59. The van der Waals surface area contributed by atoms with Crippen LogP contribution < -0.4 is 0 Å². The second kappa shape index (κ2) is 6.72. The molecule has 110 valence electrons. The summed E-state index contributed by atoms with van der Waals surface area (Å²) < 4.78 is 6.05. The predicted octanol–water partition coefficient (Wildman–Crippen LogP) is 3.38. The third-order valence-electron chi connectivity index (χ3n) is 3.39. The molecule has 4 nitrogen and oxygen atoms in total. The Morgan fingerprint density at radius 1 is 1.50 bits per heavy atom. The van der Waals surface area contributed by atoms with E-state index in [2.05, 4.69) is 15.9 Å². The van der Waals surface area contributed by atoms with Crippen LogP contribution in [0.2, 0.25) is 0 Å². The number of carbonyl (C=O) groups is 2. The molecule has 0 bridgehead atoms. The topological polar surface area (TPSA) is 46.6 Å². The van der Waals surface area contributed by atoms with Gasteiger partial charge in [0.25, 0.3) is 5.91 Å². The van der Waals surface area contributed by atoms with E-state index in [1.165, 1.54) is 11.3 Å². The summed E-state index contributed by atoms with van der Waals surface area (Å²) in [5.41, 5.74) is 1.04. The Morgan fingerprint density at radius 2 is 2.25 bits per heavy atom. The molecule has 0 spiro atoms. The Kier molecular flexibility index (Phi) is 5.21. The minimum atomic E-state index is -0.433. The van der Waals surface area contributed by atoms with Gasteiger partial charge in [-0.05, 0) is 60.7 Å². The molecule has 1 aliphatic rings. The van der Waals surface area contributed by atoms with Crippen molar-refractivity contribution in [3.63, 3.8) is 0 Å². The molecule has 6 heteroatoms. The van der Waals surface area contributed by atoms with Gasteiger partial charge < -0.3 is 9.64 Å². The first-order valence-electron chi connectivity index (χ1n) is 6.78. The molecule has 1 fully saturated rings. The number of aryl methyl sites for hydroxylation is 1. The molecular weight excluding hydrogens is 342 g/mol. The number of carbonyl (C=O) groups excluding carboxylic acids is 2. The highest BCUT2D eigenvalue weighted by Gasteiger charge is 2.34. The number of likely N-dealkylation sites (tertiary alicyclic amines) is 1. The number of hydrogen-bond donors (Lipinski definition) is 0. The van der Waals surface area contributed by atoms with E-state index >= 15 is 0 Å². The molecule has 0 radical (unpaired) electrons. The highest BCUT2D eigenvalue weighted by molar-refractivity contribution is 9.11. The zero-order chi connectivity index (χ0) is 14.7. The van der Waals surface area contributed by atoms with Crippen molar-refractivity contribution in [3.8, 4) is 0 Å². The van der Waals surface area contributed by atoms with E-state index in [9.17, 15) is 9.59 Å². The summed E-state index contributed by atoms with van der Waals surface area (Å²) >= 11 is 4.85. The van der Waals surface area contributed by atoms with Gasteiger partial charge >= 0.3 is 5.97 Å². The van der Waals surface area contributed by atoms with Crippen LogP contribution in [0.3, 0.4) is 0 Å². The molecule has 1 aromatic heterocycles. The van der Waals surface area contributed by atoms with Gasteiger partial charge in [-0.25, -0.2) is 4.79 Å². The van der Waals surface area contributed by atoms with Crippen molar-refractivity contribution in [2.75, 3.05) is 13.2 Å². The minimum absolute atomic E-state index is 0.0680. The lowest BCUT2D eigenvalue weighted by molar-refractivity contribution is -0.149. The van der Waals surface area contributed by atoms with E-state index in [0.29, 0.717) is 24.4 Å². The quantitative estimate of drug-likeness (QED) is 0.777. The predicted molar refractivity (Wildman–Crippen MR) is 82.1 cm³/mol. The average Bonchev–Trinajstić information content (AvgIpc) is 2.78. The zero-order valence-corrected chi connectivity index (χ0v) is 14.1. The van der Waals surface area contributed by atoms with Gasteiger partial charge in [0, 0.05) is 6.54 Å². The minimum Gasteiger partial charge on any atom is -0.464 e. The van der Waals surface area contributed by atoms with Crippen LogP contribution in [0, 0.1) is 6.92 Å². The van der Waals surface area contributed by atoms with Crippen LogP contribution in [-0.4, -0.2) is 36.0 Å². The van der Waals surface area contributed by atoms with Crippen molar-refractivity contribution >= 4 is 39.1 Å². The lowest BCUT2D eigenvalue weighted by Gasteiger charge is -2.33. The summed E-state index contributed by atoms with van der Waals surface area (Å²) in [4.78, 5) is 26.9. The fourth-order valence-corrected chi connectivity index (χ4v) is 3.86. The molecule has 2 heterocycles. The molecule has 0 saturated carbocycles. The maximum atomic E-state index is 12.6. The third kappa shape index (κ3) is 3.23. The van der Waals surface area contributed by atoms with Gasteiger partial charge in [0.15, 0.2) is 0 Å². The Bertz CT molecular complexity index is 495. The maximum absolute atomic E-state index is 12.6. The molecule has 1 amide bonds. The number of amides is 1. The van der Waals surface area contributed by atoms with Crippen LogP contribution in [0.1, 0.15) is 41.4 Å².